The molecule has 0 saturated carbocycles. The van der Waals surface area contributed by atoms with Gasteiger partial charge in [-0.25, -0.2) is 5.84 Å². The summed E-state index contributed by atoms with van der Waals surface area (Å²) in [5.41, 5.74) is 3.29. The summed E-state index contributed by atoms with van der Waals surface area (Å²) in [6.45, 7) is 2.51. The lowest BCUT2D eigenvalue weighted by atomic mass is 10.2. The minimum absolute atomic E-state index is 0.186. The van der Waals surface area contributed by atoms with Crippen LogP contribution in [0.15, 0.2) is 28.7 Å². The molecule has 0 aliphatic carbocycles. The Hall–Kier alpha value is -0.910. The van der Waals surface area contributed by atoms with Crippen LogP contribution in [0, 0.1) is 0 Å². The Kier molecular flexibility index (Phi) is 4.92. The molecule has 0 saturated heterocycles. The fraction of sp³-hybridized carbons (Fsp3) is 0.364. The molecule has 1 amide bonds. The zero-order valence-corrected chi connectivity index (χ0v) is 11.0. The number of carbonyl (C=O) groups is 1. The fourth-order valence-electron chi connectivity index (χ4n) is 1.35. The molecular formula is C11H16BrN3O. The summed E-state index contributed by atoms with van der Waals surface area (Å²) in [6, 6.07) is 7.69. The van der Waals surface area contributed by atoms with Gasteiger partial charge in [-0.3, -0.25) is 15.1 Å². The van der Waals surface area contributed by atoms with E-state index in [1.165, 1.54) is 0 Å². The van der Waals surface area contributed by atoms with Gasteiger partial charge in [0, 0.05) is 11.0 Å². The van der Waals surface area contributed by atoms with Gasteiger partial charge in [0.1, 0.15) is 0 Å². The first-order valence-corrected chi connectivity index (χ1v) is 5.79. The van der Waals surface area contributed by atoms with Crippen molar-refractivity contribution in [2.24, 2.45) is 5.84 Å². The molecule has 1 rings (SSSR count). The van der Waals surface area contributed by atoms with Crippen molar-refractivity contribution in [3.8, 4) is 0 Å². The van der Waals surface area contributed by atoms with Crippen molar-refractivity contribution >= 4 is 21.8 Å². The van der Waals surface area contributed by atoms with Gasteiger partial charge in [-0.05, 0) is 25.6 Å². The Morgan fingerprint density at radius 1 is 1.56 bits per heavy atom. The Bertz CT molecular complexity index is 370. The molecule has 0 aliphatic rings. The van der Waals surface area contributed by atoms with Gasteiger partial charge in [0.25, 0.3) is 5.91 Å². The van der Waals surface area contributed by atoms with Crippen LogP contribution >= 0.6 is 15.9 Å². The zero-order chi connectivity index (χ0) is 12.1. The maximum atomic E-state index is 11.3. The molecular weight excluding hydrogens is 270 g/mol. The maximum absolute atomic E-state index is 11.3. The predicted octanol–water partition coefficient (Wildman–Crippen LogP) is 1.26. The number of nitrogens with two attached hydrogens (primary N) is 1. The highest BCUT2D eigenvalue weighted by Gasteiger charge is 2.17. The van der Waals surface area contributed by atoms with Crippen LogP contribution in [0.25, 0.3) is 0 Å². The van der Waals surface area contributed by atoms with Gasteiger partial charge in [-0.15, -0.1) is 0 Å². The first kappa shape index (κ1) is 13.2. The second-order valence-corrected chi connectivity index (χ2v) is 4.55. The average molecular weight is 286 g/mol. The van der Waals surface area contributed by atoms with Crippen molar-refractivity contribution in [2.45, 2.75) is 19.5 Å². The smallest absolute Gasteiger partial charge is 0.250 e. The van der Waals surface area contributed by atoms with Crippen molar-refractivity contribution in [1.29, 1.82) is 0 Å². The molecule has 0 bridgehead atoms. The number of benzene rings is 1. The molecule has 5 heteroatoms. The second kappa shape index (κ2) is 5.98. The molecule has 1 atom stereocenters. The minimum atomic E-state index is -0.253. The van der Waals surface area contributed by atoms with E-state index in [1.807, 2.05) is 43.1 Å². The summed E-state index contributed by atoms with van der Waals surface area (Å²) in [6.07, 6.45) is 0. The highest BCUT2D eigenvalue weighted by atomic mass is 79.9. The highest BCUT2D eigenvalue weighted by Crippen LogP contribution is 2.17. The normalized spacial score (nSPS) is 12.6. The standard InChI is InChI=1S/C11H16BrN3O/c1-8(11(16)14-13)15(2)7-9-5-3-4-6-10(9)12/h3-6,8H,7,13H2,1-2H3,(H,14,16). The second-order valence-electron chi connectivity index (χ2n) is 3.69. The lowest BCUT2D eigenvalue weighted by molar-refractivity contribution is -0.125. The monoisotopic (exact) mass is 285 g/mol. The third-order valence-electron chi connectivity index (χ3n) is 2.56. The lowest BCUT2D eigenvalue weighted by Crippen LogP contribution is -2.45. The van der Waals surface area contributed by atoms with Crippen LogP contribution < -0.4 is 11.3 Å². The average Bonchev–Trinajstić information content (AvgIpc) is 2.30. The van der Waals surface area contributed by atoms with E-state index in [0.29, 0.717) is 6.54 Å². The molecule has 0 spiro atoms. The first-order valence-electron chi connectivity index (χ1n) is 5.00. The molecule has 1 aromatic carbocycles. The number of hydrogen-bond donors (Lipinski definition) is 2. The number of likely N-dealkylation sites (N-methyl/N-ethyl adjacent to an activating group) is 1. The Balaban J connectivity index is 2.68. The van der Waals surface area contributed by atoms with E-state index in [0.717, 1.165) is 10.0 Å². The van der Waals surface area contributed by atoms with Gasteiger partial charge in [0.15, 0.2) is 0 Å². The maximum Gasteiger partial charge on any atom is 0.250 e. The predicted molar refractivity (Wildman–Crippen MR) is 67.4 cm³/mol. The highest BCUT2D eigenvalue weighted by molar-refractivity contribution is 9.10. The number of nitrogens with zero attached hydrogens (tertiary/aromatic N) is 1. The number of rotatable bonds is 4. The van der Waals surface area contributed by atoms with Crippen LogP contribution in [-0.4, -0.2) is 23.9 Å². The van der Waals surface area contributed by atoms with Crippen LogP contribution in [0.5, 0.6) is 0 Å². The molecule has 16 heavy (non-hydrogen) atoms. The Morgan fingerprint density at radius 3 is 2.75 bits per heavy atom. The van der Waals surface area contributed by atoms with Crippen molar-refractivity contribution in [3.63, 3.8) is 0 Å². The van der Waals surface area contributed by atoms with E-state index in [-0.39, 0.29) is 11.9 Å². The van der Waals surface area contributed by atoms with Crippen LogP contribution in [-0.2, 0) is 11.3 Å². The van der Waals surface area contributed by atoms with Gasteiger partial charge in [0.2, 0.25) is 0 Å². The van der Waals surface area contributed by atoms with Gasteiger partial charge in [-0.2, -0.15) is 0 Å². The molecule has 0 aromatic heterocycles. The van der Waals surface area contributed by atoms with Crippen LogP contribution in [0.1, 0.15) is 12.5 Å². The van der Waals surface area contributed by atoms with Crippen LogP contribution in [0.2, 0.25) is 0 Å². The van der Waals surface area contributed by atoms with E-state index < -0.39 is 0 Å². The van der Waals surface area contributed by atoms with Gasteiger partial charge in [0.05, 0.1) is 6.04 Å². The van der Waals surface area contributed by atoms with E-state index >= 15 is 0 Å². The molecule has 0 aliphatic heterocycles. The van der Waals surface area contributed by atoms with E-state index in [9.17, 15) is 4.79 Å². The minimum Gasteiger partial charge on any atom is -0.293 e. The number of nitrogens with one attached hydrogen (secondary N) is 1. The van der Waals surface area contributed by atoms with Crippen molar-refractivity contribution in [3.05, 3.63) is 34.3 Å². The Morgan fingerprint density at radius 2 is 2.19 bits per heavy atom. The third-order valence-corrected chi connectivity index (χ3v) is 3.33. The molecule has 3 N–H and O–H groups in total. The number of halogens is 1. The topological polar surface area (TPSA) is 58.4 Å². The van der Waals surface area contributed by atoms with Crippen molar-refractivity contribution in [2.75, 3.05) is 7.05 Å². The molecule has 0 fully saturated rings. The SMILES string of the molecule is CC(C(=O)NN)N(C)Cc1ccccc1Br. The number of hydrogen-bond acceptors (Lipinski definition) is 3. The summed E-state index contributed by atoms with van der Waals surface area (Å²) in [7, 11) is 1.89. The molecule has 0 heterocycles. The summed E-state index contributed by atoms with van der Waals surface area (Å²) in [4.78, 5) is 13.3. The fourth-order valence-corrected chi connectivity index (χ4v) is 1.76. The largest absolute Gasteiger partial charge is 0.293 e. The first-order chi connectivity index (χ1) is 7.56. The van der Waals surface area contributed by atoms with E-state index in [1.54, 1.807) is 0 Å². The van der Waals surface area contributed by atoms with E-state index in [4.69, 9.17) is 5.84 Å². The molecule has 0 radical (unpaired) electrons. The lowest BCUT2D eigenvalue weighted by Gasteiger charge is -2.23. The molecule has 1 unspecified atom stereocenters. The molecule has 1 aromatic rings. The van der Waals surface area contributed by atoms with Crippen molar-refractivity contribution in [1.82, 2.24) is 10.3 Å². The summed E-state index contributed by atoms with van der Waals surface area (Å²) < 4.78 is 1.04. The number of amides is 1. The van der Waals surface area contributed by atoms with Crippen LogP contribution in [0.3, 0.4) is 0 Å². The third kappa shape index (κ3) is 3.30. The van der Waals surface area contributed by atoms with Crippen molar-refractivity contribution < 1.29 is 4.79 Å². The molecule has 4 nitrogen and oxygen atoms in total. The Labute approximate surface area is 104 Å². The van der Waals surface area contributed by atoms with Gasteiger partial charge >= 0.3 is 0 Å². The quantitative estimate of drug-likeness (QED) is 0.498. The van der Waals surface area contributed by atoms with Gasteiger partial charge in [-0.1, -0.05) is 34.1 Å². The van der Waals surface area contributed by atoms with Crippen LogP contribution in [0.4, 0.5) is 0 Å². The summed E-state index contributed by atoms with van der Waals surface area (Å²) in [5.74, 6) is 4.91. The number of carbonyl (C=O) groups excluding carboxylic acids is 1. The number of hydrazine groups is 1. The zero-order valence-electron chi connectivity index (χ0n) is 9.40. The summed E-state index contributed by atoms with van der Waals surface area (Å²) in [5, 5.41) is 0. The summed E-state index contributed by atoms with van der Waals surface area (Å²) >= 11 is 3.48. The van der Waals surface area contributed by atoms with E-state index in [2.05, 4.69) is 21.4 Å². The van der Waals surface area contributed by atoms with Gasteiger partial charge < -0.3 is 0 Å². The molecule has 88 valence electrons.